The standard InChI is InChI=1S/C20H24F2N2O2/c1-13(24-14(2)16-10-9-15(21)12-18(16)22)6-5-11-26-19-8-4-3-7-17(19)20(23)25/h3-4,7-10,12-14,24H,5-6,11H2,1-2H3,(H2,23,25). The molecule has 0 aliphatic heterocycles. The van der Waals surface area contributed by atoms with Crippen LogP contribution in [-0.4, -0.2) is 18.6 Å². The van der Waals surface area contributed by atoms with E-state index in [1.165, 1.54) is 12.1 Å². The van der Waals surface area contributed by atoms with E-state index in [0.717, 1.165) is 18.9 Å². The van der Waals surface area contributed by atoms with E-state index in [9.17, 15) is 13.6 Å². The maximum absolute atomic E-state index is 13.8. The molecule has 0 spiro atoms. The topological polar surface area (TPSA) is 64.3 Å². The Morgan fingerprint density at radius 3 is 2.62 bits per heavy atom. The Morgan fingerprint density at radius 2 is 1.92 bits per heavy atom. The van der Waals surface area contributed by atoms with Gasteiger partial charge >= 0.3 is 0 Å². The predicted octanol–water partition coefficient (Wildman–Crippen LogP) is 3.96. The van der Waals surface area contributed by atoms with Crippen LogP contribution in [0.5, 0.6) is 5.75 Å². The van der Waals surface area contributed by atoms with Gasteiger partial charge in [-0.25, -0.2) is 8.78 Å². The summed E-state index contributed by atoms with van der Waals surface area (Å²) in [4.78, 5) is 11.3. The summed E-state index contributed by atoms with van der Waals surface area (Å²) >= 11 is 0. The van der Waals surface area contributed by atoms with Crippen molar-refractivity contribution >= 4 is 5.91 Å². The first-order chi connectivity index (χ1) is 12.4. The molecule has 3 N–H and O–H groups in total. The highest BCUT2D eigenvalue weighted by Gasteiger charge is 2.14. The molecule has 26 heavy (non-hydrogen) atoms. The number of carbonyl (C=O) groups excluding carboxylic acids is 1. The third-order valence-electron chi connectivity index (χ3n) is 4.16. The van der Waals surface area contributed by atoms with E-state index in [0.29, 0.717) is 23.5 Å². The molecular weight excluding hydrogens is 338 g/mol. The summed E-state index contributed by atoms with van der Waals surface area (Å²) in [5, 5.41) is 3.29. The molecule has 0 heterocycles. The molecule has 140 valence electrons. The number of benzene rings is 2. The maximum atomic E-state index is 13.8. The van der Waals surface area contributed by atoms with Gasteiger partial charge in [0.15, 0.2) is 0 Å². The minimum absolute atomic E-state index is 0.115. The van der Waals surface area contributed by atoms with Crippen molar-refractivity contribution in [3.05, 3.63) is 65.2 Å². The number of nitrogens with two attached hydrogens (primary N) is 1. The molecule has 0 saturated carbocycles. The van der Waals surface area contributed by atoms with Gasteiger partial charge < -0.3 is 15.8 Å². The highest BCUT2D eigenvalue weighted by atomic mass is 19.1. The molecule has 2 aromatic carbocycles. The third kappa shape index (κ3) is 5.52. The minimum Gasteiger partial charge on any atom is -0.493 e. The number of nitrogens with one attached hydrogen (secondary N) is 1. The van der Waals surface area contributed by atoms with E-state index in [1.807, 2.05) is 13.8 Å². The molecule has 0 fully saturated rings. The minimum atomic E-state index is -0.583. The van der Waals surface area contributed by atoms with Crippen LogP contribution in [0.25, 0.3) is 0 Å². The van der Waals surface area contributed by atoms with Crippen LogP contribution >= 0.6 is 0 Å². The molecule has 0 radical (unpaired) electrons. The molecule has 0 aliphatic carbocycles. The number of carbonyl (C=O) groups is 1. The average Bonchev–Trinajstić information content (AvgIpc) is 2.58. The lowest BCUT2D eigenvalue weighted by Gasteiger charge is -2.21. The Kier molecular flexibility index (Phi) is 7.09. The molecule has 0 bridgehead atoms. The normalized spacial score (nSPS) is 13.2. The second kappa shape index (κ2) is 9.29. The number of rotatable bonds is 9. The molecule has 2 unspecified atom stereocenters. The van der Waals surface area contributed by atoms with Crippen molar-refractivity contribution < 1.29 is 18.3 Å². The summed E-state index contributed by atoms with van der Waals surface area (Å²) in [6, 6.07) is 10.3. The van der Waals surface area contributed by atoms with Gasteiger partial charge in [-0.15, -0.1) is 0 Å². The number of amides is 1. The van der Waals surface area contributed by atoms with Crippen LogP contribution in [0.3, 0.4) is 0 Å². The molecule has 2 aromatic rings. The van der Waals surface area contributed by atoms with E-state index >= 15 is 0 Å². The van der Waals surface area contributed by atoms with Gasteiger partial charge in [-0.05, 0) is 44.9 Å². The number of ether oxygens (including phenoxy) is 1. The molecule has 6 heteroatoms. The number of primary amides is 1. The van der Waals surface area contributed by atoms with Crippen LogP contribution in [0.15, 0.2) is 42.5 Å². The molecule has 4 nitrogen and oxygen atoms in total. The number of para-hydroxylation sites is 1. The van der Waals surface area contributed by atoms with Crippen molar-refractivity contribution in [3.63, 3.8) is 0 Å². The Balaban J connectivity index is 1.79. The quantitative estimate of drug-likeness (QED) is 0.664. The lowest BCUT2D eigenvalue weighted by Crippen LogP contribution is -2.29. The lowest BCUT2D eigenvalue weighted by atomic mass is 10.1. The zero-order valence-corrected chi connectivity index (χ0v) is 15.0. The Hall–Kier alpha value is -2.47. The molecular formula is C20H24F2N2O2. The maximum Gasteiger partial charge on any atom is 0.252 e. The Labute approximate surface area is 152 Å². The second-order valence-corrected chi connectivity index (χ2v) is 6.31. The SMILES string of the molecule is CC(CCCOc1ccccc1C(N)=O)NC(C)c1ccc(F)cc1F. The fourth-order valence-corrected chi connectivity index (χ4v) is 2.82. The zero-order chi connectivity index (χ0) is 19.1. The van der Waals surface area contributed by atoms with Crippen molar-refractivity contribution in [2.75, 3.05) is 6.61 Å². The summed E-state index contributed by atoms with van der Waals surface area (Å²) in [6.07, 6.45) is 1.55. The van der Waals surface area contributed by atoms with Crippen molar-refractivity contribution in [1.82, 2.24) is 5.32 Å². The van der Waals surface area contributed by atoms with Gasteiger partial charge in [-0.3, -0.25) is 4.79 Å². The lowest BCUT2D eigenvalue weighted by molar-refractivity contribution is 0.0996. The van der Waals surface area contributed by atoms with Gasteiger partial charge in [0, 0.05) is 23.7 Å². The van der Waals surface area contributed by atoms with Gasteiger partial charge in [0.05, 0.1) is 12.2 Å². The molecule has 0 aromatic heterocycles. The van der Waals surface area contributed by atoms with E-state index in [2.05, 4.69) is 5.32 Å². The summed E-state index contributed by atoms with van der Waals surface area (Å²) in [5.74, 6) is -1.18. The molecule has 0 saturated heterocycles. The van der Waals surface area contributed by atoms with Gasteiger partial charge in [0.25, 0.3) is 5.91 Å². The second-order valence-electron chi connectivity index (χ2n) is 6.31. The monoisotopic (exact) mass is 362 g/mol. The smallest absolute Gasteiger partial charge is 0.252 e. The number of hydrogen-bond donors (Lipinski definition) is 2. The molecule has 2 rings (SSSR count). The molecule has 0 aliphatic rings. The van der Waals surface area contributed by atoms with Gasteiger partial charge in [-0.1, -0.05) is 18.2 Å². The Morgan fingerprint density at radius 1 is 1.19 bits per heavy atom. The average molecular weight is 362 g/mol. The van der Waals surface area contributed by atoms with Crippen molar-refractivity contribution in [3.8, 4) is 5.75 Å². The zero-order valence-electron chi connectivity index (χ0n) is 15.0. The van der Waals surface area contributed by atoms with Gasteiger partial charge in [0.1, 0.15) is 17.4 Å². The summed E-state index contributed by atoms with van der Waals surface area (Å²) in [7, 11) is 0. The van der Waals surface area contributed by atoms with Crippen LogP contribution in [0.1, 0.15) is 48.7 Å². The first-order valence-corrected chi connectivity index (χ1v) is 8.61. The first-order valence-electron chi connectivity index (χ1n) is 8.61. The number of halogens is 2. The summed E-state index contributed by atoms with van der Waals surface area (Å²) in [6.45, 7) is 4.28. The van der Waals surface area contributed by atoms with Gasteiger partial charge in [-0.2, -0.15) is 0 Å². The van der Waals surface area contributed by atoms with Gasteiger partial charge in [0.2, 0.25) is 0 Å². The van der Waals surface area contributed by atoms with Crippen LogP contribution in [0.2, 0.25) is 0 Å². The van der Waals surface area contributed by atoms with Crippen LogP contribution in [0, 0.1) is 11.6 Å². The van der Waals surface area contributed by atoms with Crippen LogP contribution in [-0.2, 0) is 0 Å². The summed E-state index contributed by atoms with van der Waals surface area (Å²) in [5.41, 5.74) is 6.11. The molecule has 2 atom stereocenters. The van der Waals surface area contributed by atoms with E-state index in [-0.39, 0.29) is 12.1 Å². The molecule has 1 amide bonds. The van der Waals surface area contributed by atoms with Crippen LogP contribution in [0.4, 0.5) is 8.78 Å². The van der Waals surface area contributed by atoms with Crippen molar-refractivity contribution in [2.45, 2.75) is 38.8 Å². The van der Waals surface area contributed by atoms with E-state index in [4.69, 9.17) is 10.5 Å². The Bertz CT molecular complexity index is 752. The largest absolute Gasteiger partial charge is 0.493 e. The predicted molar refractivity (Wildman–Crippen MR) is 97.1 cm³/mol. The third-order valence-corrected chi connectivity index (χ3v) is 4.16. The fraction of sp³-hybridized carbons (Fsp3) is 0.350. The summed E-state index contributed by atoms with van der Waals surface area (Å²) < 4.78 is 32.4. The highest BCUT2D eigenvalue weighted by molar-refractivity contribution is 5.95. The van der Waals surface area contributed by atoms with E-state index in [1.54, 1.807) is 24.3 Å². The highest BCUT2D eigenvalue weighted by Crippen LogP contribution is 2.20. The van der Waals surface area contributed by atoms with Crippen molar-refractivity contribution in [2.24, 2.45) is 5.73 Å². The fourth-order valence-electron chi connectivity index (χ4n) is 2.82. The van der Waals surface area contributed by atoms with Crippen LogP contribution < -0.4 is 15.8 Å². The first kappa shape index (κ1) is 19.8. The number of hydrogen-bond acceptors (Lipinski definition) is 3. The van der Waals surface area contributed by atoms with E-state index < -0.39 is 17.5 Å². The van der Waals surface area contributed by atoms with Crippen molar-refractivity contribution in [1.29, 1.82) is 0 Å².